The quantitative estimate of drug-likeness (QED) is 0.906. The predicted octanol–water partition coefficient (Wildman–Crippen LogP) is 2.57. The highest BCUT2D eigenvalue weighted by atomic mass is 16.3. The van der Waals surface area contributed by atoms with Gasteiger partial charge in [0.15, 0.2) is 11.5 Å². The number of nitrogens with zero attached hydrogens (tertiary/aromatic N) is 1. The van der Waals surface area contributed by atoms with Gasteiger partial charge in [-0.15, -0.1) is 0 Å². The smallest absolute Gasteiger partial charge is 0.227 e. The van der Waals surface area contributed by atoms with Crippen LogP contribution in [-0.2, 0) is 11.2 Å². The van der Waals surface area contributed by atoms with E-state index in [1.54, 1.807) is 0 Å². The molecular weight excluding hydrogens is 302 g/mol. The molecule has 1 aromatic carbocycles. The van der Waals surface area contributed by atoms with Crippen LogP contribution in [0.5, 0.6) is 0 Å². The van der Waals surface area contributed by atoms with Gasteiger partial charge in [0, 0.05) is 19.5 Å². The number of hydrogen-bond donors (Lipinski definition) is 2. The fourth-order valence-corrected chi connectivity index (χ4v) is 4.39. The third-order valence-corrected chi connectivity index (χ3v) is 5.78. The highest BCUT2D eigenvalue weighted by Crippen LogP contribution is 2.43. The minimum Gasteiger partial charge on any atom is -0.441 e. The normalized spacial score (nSPS) is 26.5. The molecule has 4 rings (SSSR count). The molecular formula is C19H25N3O2. The van der Waals surface area contributed by atoms with E-state index < -0.39 is 0 Å². The van der Waals surface area contributed by atoms with E-state index in [1.165, 1.54) is 12.8 Å². The van der Waals surface area contributed by atoms with E-state index in [-0.39, 0.29) is 11.3 Å². The number of hydrogen-bond acceptors (Lipinski definition) is 4. The first-order valence-corrected chi connectivity index (χ1v) is 9.03. The molecule has 1 amide bonds. The molecule has 2 fully saturated rings. The molecule has 0 radical (unpaired) electrons. The van der Waals surface area contributed by atoms with Gasteiger partial charge >= 0.3 is 0 Å². The zero-order valence-electron chi connectivity index (χ0n) is 14.2. The van der Waals surface area contributed by atoms with Crippen molar-refractivity contribution in [3.63, 3.8) is 0 Å². The molecule has 1 saturated carbocycles. The highest BCUT2D eigenvalue weighted by molar-refractivity contribution is 5.84. The van der Waals surface area contributed by atoms with Crippen LogP contribution in [0.4, 0.5) is 0 Å². The van der Waals surface area contributed by atoms with Gasteiger partial charge in [-0.2, -0.15) is 0 Å². The molecule has 1 aliphatic heterocycles. The predicted molar refractivity (Wildman–Crippen MR) is 92.7 cm³/mol. The van der Waals surface area contributed by atoms with Gasteiger partial charge in [0.25, 0.3) is 0 Å². The maximum absolute atomic E-state index is 12.8. The van der Waals surface area contributed by atoms with Crippen molar-refractivity contribution in [2.24, 2.45) is 11.3 Å². The molecule has 128 valence electrons. The number of fused-ring (bicyclic) bond motifs is 2. The lowest BCUT2D eigenvalue weighted by Gasteiger charge is -2.37. The summed E-state index contributed by atoms with van der Waals surface area (Å²) >= 11 is 0. The lowest BCUT2D eigenvalue weighted by atomic mass is 9.67. The molecule has 5 nitrogen and oxygen atoms in total. The Kier molecular flexibility index (Phi) is 4.04. The summed E-state index contributed by atoms with van der Waals surface area (Å²) in [6.45, 7) is 4.43. The van der Waals surface area contributed by atoms with Crippen molar-refractivity contribution in [2.45, 2.75) is 39.0 Å². The Morgan fingerprint density at radius 2 is 2.38 bits per heavy atom. The van der Waals surface area contributed by atoms with Gasteiger partial charge in [-0.05, 0) is 43.9 Å². The maximum Gasteiger partial charge on any atom is 0.227 e. The topological polar surface area (TPSA) is 67.2 Å². The molecule has 1 aromatic heterocycles. The van der Waals surface area contributed by atoms with Crippen LogP contribution in [0.3, 0.4) is 0 Å². The molecule has 0 bridgehead atoms. The fourth-order valence-electron chi connectivity index (χ4n) is 4.39. The van der Waals surface area contributed by atoms with Gasteiger partial charge in [-0.1, -0.05) is 25.0 Å². The number of rotatable bonds is 4. The SMILES string of the molecule is Cc1cccc2oc(CCNC(=O)[C@@]34CCCC[C@H]3CNC4)nc12. The zero-order valence-corrected chi connectivity index (χ0v) is 14.2. The van der Waals surface area contributed by atoms with Gasteiger partial charge < -0.3 is 15.1 Å². The van der Waals surface area contributed by atoms with Crippen LogP contribution in [0.1, 0.15) is 37.1 Å². The molecule has 2 atom stereocenters. The summed E-state index contributed by atoms with van der Waals surface area (Å²) in [6.07, 6.45) is 5.23. The number of carbonyl (C=O) groups is 1. The Morgan fingerprint density at radius 3 is 3.25 bits per heavy atom. The Balaban J connectivity index is 1.39. The lowest BCUT2D eigenvalue weighted by molar-refractivity contribution is -0.133. The average Bonchev–Trinajstić information content (AvgIpc) is 3.19. The third kappa shape index (κ3) is 2.61. The molecule has 2 N–H and O–H groups in total. The largest absolute Gasteiger partial charge is 0.441 e. The molecule has 1 aliphatic carbocycles. The summed E-state index contributed by atoms with van der Waals surface area (Å²) in [4.78, 5) is 17.4. The molecule has 24 heavy (non-hydrogen) atoms. The van der Waals surface area contributed by atoms with Crippen molar-refractivity contribution in [3.8, 4) is 0 Å². The number of oxazole rings is 1. The zero-order chi connectivity index (χ0) is 16.6. The average molecular weight is 327 g/mol. The second-order valence-electron chi connectivity index (χ2n) is 7.26. The maximum atomic E-state index is 12.8. The summed E-state index contributed by atoms with van der Waals surface area (Å²) < 4.78 is 5.79. The number of aryl methyl sites for hydroxylation is 1. The van der Waals surface area contributed by atoms with Gasteiger partial charge in [-0.3, -0.25) is 4.79 Å². The molecule has 0 spiro atoms. The van der Waals surface area contributed by atoms with Crippen LogP contribution >= 0.6 is 0 Å². The summed E-state index contributed by atoms with van der Waals surface area (Å²) in [5.41, 5.74) is 2.68. The van der Waals surface area contributed by atoms with Crippen molar-refractivity contribution >= 4 is 17.0 Å². The number of nitrogens with one attached hydrogen (secondary N) is 2. The van der Waals surface area contributed by atoms with Gasteiger partial charge in [0.05, 0.1) is 5.41 Å². The van der Waals surface area contributed by atoms with Crippen molar-refractivity contribution in [1.82, 2.24) is 15.6 Å². The second kappa shape index (κ2) is 6.20. The first kappa shape index (κ1) is 15.6. The van der Waals surface area contributed by atoms with E-state index in [0.29, 0.717) is 24.8 Å². The van der Waals surface area contributed by atoms with Crippen molar-refractivity contribution in [3.05, 3.63) is 29.7 Å². The second-order valence-corrected chi connectivity index (χ2v) is 7.26. The summed E-state index contributed by atoms with van der Waals surface area (Å²) in [5.74, 6) is 1.41. The van der Waals surface area contributed by atoms with Gasteiger partial charge in [0.1, 0.15) is 5.52 Å². The van der Waals surface area contributed by atoms with Crippen LogP contribution in [0.2, 0.25) is 0 Å². The highest BCUT2D eigenvalue weighted by Gasteiger charge is 2.49. The summed E-state index contributed by atoms with van der Waals surface area (Å²) in [6, 6.07) is 5.95. The van der Waals surface area contributed by atoms with Crippen molar-refractivity contribution < 1.29 is 9.21 Å². The monoisotopic (exact) mass is 327 g/mol. The molecule has 2 aromatic rings. The van der Waals surface area contributed by atoms with E-state index in [1.807, 2.05) is 25.1 Å². The first-order valence-electron chi connectivity index (χ1n) is 9.03. The minimum atomic E-state index is -0.184. The van der Waals surface area contributed by atoms with Gasteiger partial charge in [0.2, 0.25) is 5.91 Å². The van der Waals surface area contributed by atoms with E-state index >= 15 is 0 Å². The standard InChI is InChI=1S/C19H25N3O2/c1-13-5-4-7-15-17(13)22-16(24-15)8-10-21-18(23)19-9-3-2-6-14(19)11-20-12-19/h4-5,7,14,20H,2-3,6,8-12H2,1H3,(H,21,23)/t14-,19+/m0/s1. The van der Waals surface area contributed by atoms with E-state index in [0.717, 1.165) is 42.6 Å². The molecule has 2 heterocycles. The molecule has 2 aliphatic rings. The van der Waals surface area contributed by atoms with Crippen molar-refractivity contribution in [1.29, 1.82) is 0 Å². The molecule has 0 unspecified atom stereocenters. The number of para-hydroxylation sites is 1. The summed E-state index contributed by atoms with van der Waals surface area (Å²) in [7, 11) is 0. The Morgan fingerprint density at radius 1 is 1.46 bits per heavy atom. The van der Waals surface area contributed by atoms with Gasteiger partial charge in [-0.25, -0.2) is 4.98 Å². The summed E-state index contributed by atoms with van der Waals surface area (Å²) in [5, 5.41) is 6.57. The fraction of sp³-hybridized carbons (Fsp3) is 0.579. The van der Waals surface area contributed by atoms with Crippen LogP contribution in [-0.4, -0.2) is 30.5 Å². The van der Waals surface area contributed by atoms with Crippen LogP contribution in [0, 0.1) is 18.3 Å². The Hall–Kier alpha value is -1.88. The number of benzene rings is 1. The number of carbonyl (C=O) groups excluding carboxylic acids is 1. The van der Waals surface area contributed by atoms with E-state index in [9.17, 15) is 4.79 Å². The van der Waals surface area contributed by atoms with Crippen molar-refractivity contribution in [2.75, 3.05) is 19.6 Å². The van der Waals surface area contributed by atoms with Crippen LogP contribution in [0.15, 0.2) is 22.6 Å². The number of aromatic nitrogens is 1. The van der Waals surface area contributed by atoms with Crippen LogP contribution in [0.25, 0.3) is 11.1 Å². The Labute approximate surface area is 142 Å². The lowest BCUT2D eigenvalue weighted by Crippen LogP contribution is -2.48. The Bertz CT molecular complexity index is 754. The van der Waals surface area contributed by atoms with E-state index in [4.69, 9.17) is 4.42 Å². The molecule has 1 saturated heterocycles. The van der Waals surface area contributed by atoms with Crippen LogP contribution < -0.4 is 10.6 Å². The molecule has 5 heteroatoms. The third-order valence-electron chi connectivity index (χ3n) is 5.78. The minimum absolute atomic E-state index is 0.184. The first-order chi connectivity index (χ1) is 11.7. The van der Waals surface area contributed by atoms with E-state index in [2.05, 4.69) is 15.6 Å². The number of amides is 1.